The van der Waals surface area contributed by atoms with Gasteiger partial charge >= 0.3 is 0 Å². The predicted molar refractivity (Wildman–Crippen MR) is 103 cm³/mol. The Labute approximate surface area is 143 Å². The summed E-state index contributed by atoms with van der Waals surface area (Å²) in [6.07, 6.45) is 3.46. The second kappa shape index (κ2) is 8.84. The number of hydrogen-bond donors (Lipinski definition) is 1. The summed E-state index contributed by atoms with van der Waals surface area (Å²) in [5.41, 5.74) is 4.21. The van der Waals surface area contributed by atoms with Crippen LogP contribution in [0.15, 0.2) is 58.7 Å². The maximum Gasteiger partial charge on any atom is 0.0606 e. The molecule has 0 saturated heterocycles. The summed E-state index contributed by atoms with van der Waals surface area (Å²) in [4.78, 5) is 4.05. The third-order valence-electron chi connectivity index (χ3n) is 3.66. The highest BCUT2D eigenvalue weighted by atomic mass is 16.3. The molecule has 0 aliphatic heterocycles. The van der Waals surface area contributed by atoms with Crippen molar-refractivity contribution >= 4 is 23.8 Å². The Bertz CT molecular complexity index is 676. The lowest BCUT2D eigenvalue weighted by atomic mass is 10.2. The first-order valence-corrected chi connectivity index (χ1v) is 7.86. The number of nitrogens with zero attached hydrogens (tertiary/aromatic N) is 4. The van der Waals surface area contributed by atoms with Crippen LogP contribution in [-0.2, 0) is 0 Å². The van der Waals surface area contributed by atoms with Crippen molar-refractivity contribution in [2.45, 2.75) is 0 Å². The predicted octanol–water partition coefficient (Wildman–Crippen LogP) is 2.63. The molecule has 2 rings (SSSR count). The first-order chi connectivity index (χ1) is 11.6. The van der Waals surface area contributed by atoms with Crippen molar-refractivity contribution in [3.05, 3.63) is 59.7 Å². The van der Waals surface area contributed by atoms with Crippen LogP contribution in [0.25, 0.3) is 0 Å². The van der Waals surface area contributed by atoms with Gasteiger partial charge in [-0.3, -0.25) is 0 Å². The highest BCUT2D eigenvalue weighted by Gasteiger charge is 1.98. The van der Waals surface area contributed by atoms with E-state index in [-0.39, 0.29) is 6.61 Å². The molecular weight excluding hydrogens is 300 g/mol. The fraction of sp³-hybridized carbons (Fsp3) is 0.263. The molecule has 0 aromatic heterocycles. The standard InChI is InChI=1S/C19H24N4O/c1-22(2)18-8-4-16(5-9-18)14-20-21-15-17-6-10-19(11-7-17)23(3)12-13-24/h4-11,14-15,24H,12-13H2,1-3H3/b20-14+,21-15+. The average molecular weight is 324 g/mol. The lowest BCUT2D eigenvalue weighted by Gasteiger charge is -2.17. The van der Waals surface area contributed by atoms with E-state index in [2.05, 4.69) is 15.1 Å². The molecular formula is C19H24N4O. The molecule has 126 valence electrons. The number of aliphatic hydroxyl groups excluding tert-OH is 1. The summed E-state index contributed by atoms with van der Waals surface area (Å²) >= 11 is 0. The second-order valence-corrected chi connectivity index (χ2v) is 5.71. The van der Waals surface area contributed by atoms with Gasteiger partial charge in [-0.25, -0.2) is 0 Å². The summed E-state index contributed by atoms with van der Waals surface area (Å²) < 4.78 is 0. The van der Waals surface area contributed by atoms with Gasteiger partial charge in [0.2, 0.25) is 0 Å². The summed E-state index contributed by atoms with van der Waals surface area (Å²) in [6.45, 7) is 0.758. The summed E-state index contributed by atoms with van der Waals surface area (Å²) in [6, 6.07) is 16.1. The molecule has 0 radical (unpaired) electrons. The van der Waals surface area contributed by atoms with E-state index in [1.807, 2.05) is 74.6 Å². The fourth-order valence-electron chi connectivity index (χ4n) is 2.15. The van der Waals surface area contributed by atoms with Gasteiger partial charge < -0.3 is 14.9 Å². The van der Waals surface area contributed by atoms with Gasteiger partial charge in [0.25, 0.3) is 0 Å². The zero-order valence-corrected chi connectivity index (χ0v) is 14.4. The van der Waals surface area contributed by atoms with Crippen LogP contribution in [0.1, 0.15) is 11.1 Å². The van der Waals surface area contributed by atoms with Crippen LogP contribution >= 0.6 is 0 Å². The van der Waals surface area contributed by atoms with Gasteiger partial charge in [0.1, 0.15) is 0 Å². The Morgan fingerprint density at radius 3 is 1.67 bits per heavy atom. The smallest absolute Gasteiger partial charge is 0.0606 e. The Morgan fingerprint density at radius 1 is 0.792 bits per heavy atom. The van der Waals surface area contributed by atoms with Crippen LogP contribution in [0.3, 0.4) is 0 Å². The number of likely N-dealkylation sites (N-methyl/N-ethyl adjacent to an activating group) is 1. The summed E-state index contributed by atoms with van der Waals surface area (Å²) in [5.74, 6) is 0. The van der Waals surface area contributed by atoms with Crippen LogP contribution in [0.2, 0.25) is 0 Å². The molecule has 0 amide bonds. The number of hydrogen-bond acceptors (Lipinski definition) is 5. The largest absolute Gasteiger partial charge is 0.395 e. The minimum absolute atomic E-state index is 0.143. The van der Waals surface area contributed by atoms with E-state index >= 15 is 0 Å². The van der Waals surface area contributed by atoms with E-state index in [0.29, 0.717) is 6.54 Å². The zero-order chi connectivity index (χ0) is 17.4. The molecule has 2 aromatic rings. The maximum atomic E-state index is 8.95. The quantitative estimate of drug-likeness (QED) is 0.629. The Balaban J connectivity index is 1.93. The molecule has 24 heavy (non-hydrogen) atoms. The van der Waals surface area contributed by atoms with Crippen molar-refractivity contribution in [2.24, 2.45) is 10.2 Å². The first-order valence-electron chi connectivity index (χ1n) is 7.86. The molecule has 5 heteroatoms. The van der Waals surface area contributed by atoms with Crippen molar-refractivity contribution < 1.29 is 5.11 Å². The normalized spacial score (nSPS) is 11.3. The van der Waals surface area contributed by atoms with Crippen LogP contribution < -0.4 is 9.80 Å². The van der Waals surface area contributed by atoms with E-state index in [1.165, 1.54) is 0 Å². The van der Waals surface area contributed by atoms with Crippen molar-refractivity contribution in [3.63, 3.8) is 0 Å². The van der Waals surface area contributed by atoms with Gasteiger partial charge in [-0.05, 0) is 35.4 Å². The topological polar surface area (TPSA) is 51.4 Å². The van der Waals surface area contributed by atoms with Crippen molar-refractivity contribution in [2.75, 3.05) is 44.1 Å². The lowest BCUT2D eigenvalue weighted by Crippen LogP contribution is -2.20. The first kappa shape index (κ1) is 17.7. The van der Waals surface area contributed by atoms with Gasteiger partial charge in [-0.2, -0.15) is 10.2 Å². The van der Waals surface area contributed by atoms with Crippen molar-refractivity contribution in [3.8, 4) is 0 Å². The second-order valence-electron chi connectivity index (χ2n) is 5.71. The molecule has 0 aliphatic rings. The number of aliphatic hydroxyl groups is 1. The molecule has 0 saturated carbocycles. The minimum atomic E-state index is 0.143. The molecule has 2 aromatic carbocycles. The van der Waals surface area contributed by atoms with Gasteiger partial charge in [0.05, 0.1) is 19.0 Å². The molecule has 0 spiro atoms. The fourth-order valence-corrected chi connectivity index (χ4v) is 2.15. The Kier molecular flexibility index (Phi) is 6.51. The molecule has 0 unspecified atom stereocenters. The van der Waals surface area contributed by atoms with Gasteiger partial charge in [0.15, 0.2) is 0 Å². The maximum absolute atomic E-state index is 8.95. The van der Waals surface area contributed by atoms with Crippen LogP contribution in [0.5, 0.6) is 0 Å². The van der Waals surface area contributed by atoms with E-state index in [0.717, 1.165) is 22.5 Å². The van der Waals surface area contributed by atoms with Crippen molar-refractivity contribution in [1.82, 2.24) is 0 Å². The number of rotatable bonds is 7. The number of benzene rings is 2. The molecule has 5 nitrogen and oxygen atoms in total. The van der Waals surface area contributed by atoms with E-state index in [9.17, 15) is 0 Å². The van der Waals surface area contributed by atoms with Crippen LogP contribution in [-0.4, -0.2) is 51.8 Å². The Hall–Kier alpha value is -2.66. The van der Waals surface area contributed by atoms with Crippen LogP contribution in [0.4, 0.5) is 11.4 Å². The summed E-state index contributed by atoms with van der Waals surface area (Å²) in [5, 5.41) is 17.1. The highest BCUT2D eigenvalue weighted by molar-refractivity contribution is 5.83. The lowest BCUT2D eigenvalue weighted by molar-refractivity contribution is 0.304. The molecule has 0 aliphatic carbocycles. The molecule has 0 heterocycles. The SMILES string of the molecule is CN(C)c1ccc(/C=N/N=C/c2ccc(N(C)CCO)cc2)cc1. The highest BCUT2D eigenvalue weighted by Crippen LogP contribution is 2.13. The van der Waals surface area contributed by atoms with Gasteiger partial charge in [-0.15, -0.1) is 0 Å². The van der Waals surface area contributed by atoms with E-state index < -0.39 is 0 Å². The van der Waals surface area contributed by atoms with Crippen molar-refractivity contribution in [1.29, 1.82) is 0 Å². The Morgan fingerprint density at radius 2 is 1.25 bits per heavy atom. The van der Waals surface area contributed by atoms with E-state index in [4.69, 9.17) is 5.11 Å². The zero-order valence-electron chi connectivity index (χ0n) is 14.4. The van der Waals surface area contributed by atoms with Gasteiger partial charge in [0, 0.05) is 39.1 Å². The van der Waals surface area contributed by atoms with Crippen LogP contribution in [0, 0.1) is 0 Å². The van der Waals surface area contributed by atoms with Gasteiger partial charge in [-0.1, -0.05) is 24.3 Å². The summed E-state index contributed by atoms with van der Waals surface area (Å²) in [7, 11) is 5.98. The molecule has 1 N–H and O–H groups in total. The third kappa shape index (κ3) is 5.21. The van der Waals surface area contributed by atoms with E-state index in [1.54, 1.807) is 12.4 Å². The average Bonchev–Trinajstić information content (AvgIpc) is 2.60. The molecule has 0 bridgehead atoms. The molecule has 0 atom stereocenters. The number of anilines is 2. The third-order valence-corrected chi connectivity index (χ3v) is 3.66. The minimum Gasteiger partial charge on any atom is -0.395 e. The molecule has 0 fully saturated rings. The monoisotopic (exact) mass is 324 g/mol.